The lowest BCUT2D eigenvalue weighted by Crippen LogP contribution is -2.17. The maximum Gasteiger partial charge on any atom is 0.328 e. The molecule has 2 unspecified atom stereocenters. The van der Waals surface area contributed by atoms with E-state index >= 15 is 0 Å². The lowest BCUT2D eigenvalue weighted by atomic mass is 10.1. The average Bonchev–Trinajstić information content (AvgIpc) is 2.93. The summed E-state index contributed by atoms with van der Waals surface area (Å²) in [5.74, 6) is 0.614. The van der Waals surface area contributed by atoms with Gasteiger partial charge in [-0.05, 0) is 60.9 Å². The minimum atomic E-state index is -0.967. The molecule has 0 heterocycles. The zero-order valence-electron chi connectivity index (χ0n) is 12.0. The van der Waals surface area contributed by atoms with Crippen LogP contribution in [0.1, 0.15) is 30.4 Å². The molecule has 2 aliphatic carbocycles. The molecule has 110 valence electrons. The van der Waals surface area contributed by atoms with Gasteiger partial charge in [-0.25, -0.2) is 4.79 Å². The molecular weight excluding hydrogens is 266 g/mol. The van der Waals surface area contributed by atoms with Crippen molar-refractivity contribution in [2.75, 3.05) is 5.32 Å². The fourth-order valence-corrected chi connectivity index (χ4v) is 3.52. The monoisotopic (exact) mass is 285 g/mol. The van der Waals surface area contributed by atoms with Gasteiger partial charge in [-0.15, -0.1) is 0 Å². The van der Waals surface area contributed by atoms with Crippen molar-refractivity contribution < 1.29 is 14.7 Å². The molecule has 0 radical (unpaired) electrons. The number of nitrogens with one attached hydrogen (secondary N) is 1. The summed E-state index contributed by atoms with van der Waals surface area (Å²) in [5.41, 5.74) is 2.58. The van der Waals surface area contributed by atoms with Crippen molar-refractivity contribution in [2.45, 2.75) is 26.2 Å². The molecule has 0 bridgehead atoms. The van der Waals surface area contributed by atoms with Crippen molar-refractivity contribution in [1.82, 2.24) is 0 Å². The highest BCUT2D eigenvalue weighted by Gasteiger charge is 2.56. The van der Waals surface area contributed by atoms with Crippen LogP contribution >= 0.6 is 0 Å². The molecule has 1 aromatic carbocycles. The molecule has 2 aliphatic rings. The number of aliphatic carboxylic acids is 1. The number of anilines is 1. The Kier molecular flexibility index (Phi) is 3.53. The number of amides is 1. The minimum absolute atomic E-state index is 0.140. The quantitative estimate of drug-likeness (QED) is 0.835. The maximum absolute atomic E-state index is 12.2. The van der Waals surface area contributed by atoms with E-state index in [1.807, 2.05) is 25.1 Å². The number of benzene rings is 1. The van der Waals surface area contributed by atoms with Gasteiger partial charge >= 0.3 is 5.97 Å². The standard InChI is InChI=1S/C17H19NO3/c1-10-9-11(6-8-15(19)20)5-7-14(10)18-17(21)16-12-3-2-4-13(12)16/h5-9,12-13,16H,2-4H2,1H3,(H,18,21)(H,19,20)/b8-6+. The first kappa shape index (κ1) is 13.9. The number of fused-ring (bicyclic) bond motifs is 1. The Morgan fingerprint density at radius 3 is 2.62 bits per heavy atom. The van der Waals surface area contributed by atoms with Crippen LogP contribution in [0.2, 0.25) is 0 Å². The third-order valence-electron chi connectivity index (χ3n) is 4.64. The summed E-state index contributed by atoms with van der Waals surface area (Å²) in [6.07, 6.45) is 6.31. The van der Waals surface area contributed by atoms with E-state index in [4.69, 9.17) is 5.11 Å². The summed E-state index contributed by atoms with van der Waals surface area (Å²) >= 11 is 0. The van der Waals surface area contributed by atoms with E-state index in [2.05, 4.69) is 5.32 Å². The van der Waals surface area contributed by atoms with E-state index in [0.29, 0.717) is 11.8 Å². The molecule has 4 heteroatoms. The van der Waals surface area contributed by atoms with E-state index in [-0.39, 0.29) is 11.8 Å². The average molecular weight is 285 g/mol. The number of carboxylic acids is 1. The molecule has 0 aliphatic heterocycles. The number of hydrogen-bond acceptors (Lipinski definition) is 2. The molecule has 4 nitrogen and oxygen atoms in total. The Labute approximate surface area is 123 Å². The molecule has 0 aromatic heterocycles. The van der Waals surface area contributed by atoms with Gasteiger partial charge in [0.2, 0.25) is 5.91 Å². The summed E-state index contributed by atoms with van der Waals surface area (Å²) in [7, 11) is 0. The van der Waals surface area contributed by atoms with Crippen LogP contribution < -0.4 is 5.32 Å². The van der Waals surface area contributed by atoms with Gasteiger partial charge in [0.05, 0.1) is 0 Å². The van der Waals surface area contributed by atoms with E-state index < -0.39 is 5.97 Å². The van der Waals surface area contributed by atoms with Gasteiger partial charge in [0.1, 0.15) is 0 Å². The van der Waals surface area contributed by atoms with Gasteiger partial charge in [0, 0.05) is 17.7 Å². The van der Waals surface area contributed by atoms with Gasteiger partial charge in [-0.2, -0.15) is 0 Å². The van der Waals surface area contributed by atoms with Crippen molar-refractivity contribution in [3.8, 4) is 0 Å². The number of carbonyl (C=O) groups excluding carboxylic acids is 1. The summed E-state index contributed by atoms with van der Waals surface area (Å²) in [4.78, 5) is 22.7. The van der Waals surface area contributed by atoms with E-state index in [0.717, 1.165) is 22.9 Å². The van der Waals surface area contributed by atoms with Crippen LogP contribution in [-0.2, 0) is 9.59 Å². The lowest BCUT2D eigenvalue weighted by molar-refractivity contribution is -0.131. The Balaban J connectivity index is 1.66. The molecule has 0 spiro atoms. The number of hydrogen-bond donors (Lipinski definition) is 2. The van der Waals surface area contributed by atoms with Crippen molar-refractivity contribution in [2.24, 2.45) is 17.8 Å². The number of rotatable bonds is 4. The van der Waals surface area contributed by atoms with Crippen molar-refractivity contribution in [3.05, 3.63) is 35.4 Å². The maximum atomic E-state index is 12.2. The second-order valence-electron chi connectivity index (χ2n) is 6.02. The predicted molar refractivity (Wildman–Crippen MR) is 80.8 cm³/mol. The van der Waals surface area contributed by atoms with Crippen LogP contribution in [0.5, 0.6) is 0 Å². The van der Waals surface area contributed by atoms with Gasteiger partial charge in [0.25, 0.3) is 0 Å². The van der Waals surface area contributed by atoms with Crippen LogP contribution in [0.4, 0.5) is 5.69 Å². The molecule has 3 rings (SSSR count). The lowest BCUT2D eigenvalue weighted by Gasteiger charge is -2.10. The predicted octanol–water partition coefficient (Wildman–Crippen LogP) is 3.08. The van der Waals surface area contributed by atoms with Gasteiger partial charge in [0.15, 0.2) is 0 Å². The highest BCUT2D eigenvalue weighted by Crippen LogP contribution is 2.57. The van der Waals surface area contributed by atoms with Crippen molar-refractivity contribution >= 4 is 23.6 Å². The van der Waals surface area contributed by atoms with E-state index in [1.54, 1.807) is 6.08 Å². The van der Waals surface area contributed by atoms with Crippen LogP contribution in [0.25, 0.3) is 6.08 Å². The molecule has 2 atom stereocenters. The zero-order chi connectivity index (χ0) is 15.0. The number of carboxylic acid groups (broad SMARTS) is 1. The molecule has 2 N–H and O–H groups in total. The summed E-state index contributed by atoms with van der Waals surface area (Å²) in [5, 5.41) is 11.6. The third kappa shape index (κ3) is 2.84. The first-order chi connectivity index (χ1) is 10.1. The van der Waals surface area contributed by atoms with Crippen molar-refractivity contribution in [1.29, 1.82) is 0 Å². The first-order valence-corrected chi connectivity index (χ1v) is 7.39. The Morgan fingerprint density at radius 2 is 2.00 bits per heavy atom. The van der Waals surface area contributed by atoms with Gasteiger partial charge in [-0.1, -0.05) is 12.5 Å². The fraction of sp³-hybridized carbons (Fsp3) is 0.412. The number of carbonyl (C=O) groups is 2. The summed E-state index contributed by atoms with van der Waals surface area (Å²) < 4.78 is 0. The molecule has 0 saturated heterocycles. The normalized spacial score (nSPS) is 26.6. The highest BCUT2D eigenvalue weighted by molar-refractivity contribution is 5.95. The first-order valence-electron chi connectivity index (χ1n) is 7.39. The molecule has 1 amide bonds. The third-order valence-corrected chi connectivity index (χ3v) is 4.64. The smallest absolute Gasteiger partial charge is 0.328 e. The SMILES string of the molecule is Cc1cc(/C=C/C(=O)O)ccc1NC(=O)C1C2CCCC21. The molecule has 21 heavy (non-hydrogen) atoms. The molecular formula is C17H19NO3. The minimum Gasteiger partial charge on any atom is -0.478 e. The highest BCUT2D eigenvalue weighted by atomic mass is 16.4. The summed E-state index contributed by atoms with van der Waals surface area (Å²) in [6.45, 7) is 1.92. The summed E-state index contributed by atoms with van der Waals surface area (Å²) in [6, 6.07) is 5.53. The fourth-order valence-electron chi connectivity index (χ4n) is 3.52. The topological polar surface area (TPSA) is 66.4 Å². The van der Waals surface area contributed by atoms with Crippen LogP contribution in [-0.4, -0.2) is 17.0 Å². The second-order valence-corrected chi connectivity index (χ2v) is 6.02. The Hall–Kier alpha value is -2.10. The Morgan fingerprint density at radius 1 is 1.29 bits per heavy atom. The Bertz CT molecular complexity index is 610. The molecule has 2 saturated carbocycles. The van der Waals surface area contributed by atoms with Crippen LogP contribution in [0.15, 0.2) is 24.3 Å². The zero-order valence-corrected chi connectivity index (χ0v) is 12.0. The molecule has 1 aromatic rings. The second kappa shape index (κ2) is 5.35. The van der Waals surface area contributed by atoms with E-state index in [1.165, 1.54) is 19.3 Å². The van der Waals surface area contributed by atoms with Crippen molar-refractivity contribution in [3.63, 3.8) is 0 Å². The number of aryl methyl sites for hydroxylation is 1. The molecule has 2 fully saturated rings. The van der Waals surface area contributed by atoms with Crippen LogP contribution in [0, 0.1) is 24.7 Å². The van der Waals surface area contributed by atoms with Crippen LogP contribution in [0.3, 0.4) is 0 Å². The largest absolute Gasteiger partial charge is 0.478 e. The van der Waals surface area contributed by atoms with E-state index in [9.17, 15) is 9.59 Å². The van der Waals surface area contributed by atoms with Gasteiger partial charge < -0.3 is 10.4 Å². The van der Waals surface area contributed by atoms with Gasteiger partial charge in [-0.3, -0.25) is 4.79 Å².